The molecule has 0 aromatic heterocycles. The van der Waals surface area contributed by atoms with Crippen LogP contribution in [0.4, 0.5) is 4.39 Å². The molecule has 1 heterocycles. The number of fused-ring (bicyclic) bond motifs is 3. The smallest absolute Gasteiger partial charge is 0.127 e. The maximum absolute atomic E-state index is 14.0. The number of benzene rings is 2. The van der Waals surface area contributed by atoms with Crippen molar-refractivity contribution in [3.8, 4) is 17.2 Å². The third-order valence-electron chi connectivity index (χ3n) is 4.81. The zero-order chi connectivity index (χ0) is 15.3. The number of aromatic hydroxyl groups is 2. The van der Waals surface area contributed by atoms with Crippen LogP contribution in [0, 0.1) is 5.92 Å². The van der Waals surface area contributed by atoms with Gasteiger partial charge in [-0.25, -0.2) is 4.39 Å². The second-order valence-electron chi connectivity index (χ2n) is 6.19. The Morgan fingerprint density at radius 1 is 0.955 bits per heavy atom. The molecule has 2 aromatic rings. The molecule has 2 aromatic carbocycles. The monoisotopic (exact) mass is 300 g/mol. The Morgan fingerprint density at radius 2 is 1.68 bits per heavy atom. The van der Waals surface area contributed by atoms with Crippen LogP contribution in [0.5, 0.6) is 17.2 Å². The van der Waals surface area contributed by atoms with Gasteiger partial charge in [-0.1, -0.05) is 12.1 Å². The second kappa shape index (κ2) is 4.90. The lowest BCUT2D eigenvalue weighted by Gasteiger charge is -2.36. The van der Waals surface area contributed by atoms with Crippen molar-refractivity contribution in [1.29, 1.82) is 0 Å². The average Bonchev–Trinajstić information content (AvgIpc) is 2.89. The molecule has 1 aliphatic carbocycles. The van der Waals surface area contributed by atoms with E-state index in [1.54, 1.807) is 30.3 Å². The van der Waals surface area contributed by atoms with Crippen LogP contribution in [0.25, 0.3) is 0 Å². The number of hydrogen-bond donors (Lipinski definition) is 2. The van der Waals surface area contributed by atoms with E-state index in [-0.39, 0.29) is 29.4 Å². The van der Waals surface area contributed by atoms with Gasteiger partial charge in [0.2, 0.25) is 0 Å². The Labute approximate surface area is 128 Å². The maximum Gasteiger partial charge on any atom is 0.127 e. The van der Waals surface area contributed by atoms with Crippen LogP contribution in [0.1, 0.15) is 36.0 Å². The van der Waals surface area contributed by atoms with Crippen LogP contribution < -0.4 is 4.74 Å². The van der Waals surface area contributed by atoms with Crippen LogP contribution >= 0.6 is 0 Å². The first kappa shape index (κ1) is 13.4. The summed E-state index contributed by atoms with van der Waals surface area (Å²) in [5, 5.41) is 19.2. The molecule has 0 unspecified atom stereocenters. The van der Waals surface area contributed by atoms with Crippen molar-refractivity contribution in [2.45, 2.75) is 31.0 Å². The Balaban J connectivity index is 1.78. The fourth-order valence-electron chi connectivity index (χ4n) is 3.83. The predicted molar refractivity (Wildman–Crippen MR) is 79.9 cm³/mol. The van der Waals surface area contributed by atoms with Gasteiger partial charge in [-0.05, 0) is 54.7 Å². The summed E-state index contributed by atoms with van der Waals surface area (Å²) in [5.41, 5.74) is 1.85. The molecule has 2 N–H and O–H groups in total. The molecule has 1 fully saturated rings. The molecule has 114 valence electrons. The highest BCUT2D eigenvalue weighted by Gasteiger charge is 2.45. The van der Waals surface area contributed by atoms with E-state index in [1.165, 1.54) is 0 Å². The molecule has 4 heteroatoms. The van der Waals surface area contributed by atoms with Gasteiger partial charge in [-0.15, -0.1) is 0 Å². The van der Waals surface area contributed by atoms with Crippen molar-refractivity contribution in [3.05, 3.63) is 53.6 Å². The van der Waals surface area contributed by atoms with E-state index in [4.69, 9.17) is 4.74 Å². The van der Waals surface area contributed by atoms with Gasteiger partial charge in [0.1, 0.15) is 29.5 Å². The van der Waals surface area contributed by atoms with E-state index in [0.29, 0.717) is 18.6 Å². The minimum absolute atomic E-state index is 0.0499. The van der Waals surface area contributed by atoms with Gasteiger partial charge in [0.25, 0.3) is 0 Å². The molecule has 0 radical (unpaired) electrons. The normalized spacial score (nSPS) is 29.5. The van der Waals surface area contributed by atoms with Gasteiger partial charge in [0.15, 0.2) is 0 Å². The number of phenolic OH excluding ortho intramolecular Hbond substituents is 2. The molecule has 0 bridgehead atoms. The highest BCUT2D eigenvalue weighted by molar-refractivity contribution is 5.46. The van der Waals surface area contributed by atoms with E-state index >= 15 is 0 Å². The first-order chi connectivity index (χ1) is 10.6. The summed E-state index contributed by atoms with van der Waals surface area (Å²) in [7, 11) is 0. The molecule has 1 aliphatic heterocycles. The molecule has 3 nitrogen and oxygen atoms in total. The fraction of sp³-hybridized carbons (Fsp3) is 0.333. The third-order valence-corrected chi connectivity index (χ3v) is 4.81. The van der Waals surface area contributed by atoms with Crippen molar-refractivity contribution in [2.75, 3.05) is 0 Å². The molecular weight excluding hydrogens is 283 g/mol. The Bertz CT molecular complexity index is 698. The minimum atomic E-state index is -0.841. The van der Waals surface area contributed by atoms with Crippen molar-refractivity contribution < 1.29 is 19.3 Å². The molecular formula is C18H17FO3. The van der Waals surface area contributed by atoms with Crippen LogP contribution in [0.15, 0.2) is 42.5 Å². The lowest BCUT2D eigenvalue weighted by Crippen LogP contribution is -2.26. The van der Waals surface area contributed by atoms with Gasteiger partial charge in [-0.2, -0.15) is 0 Å². The molecule has 0 spiro atoms. The topological polar surface area (TPSA) is 49.7 Å². The zero-order valence-electron chi connectivity index (χ0n) is 11.9. The SMILES string of the molecule is Oc1ccc([C@@H]2Oc3ccc(O)cc3[C@@H]3C[C@@H](F)C[C@@H]32)cc1. The summed E-state index contributed by atoms with van der Waals surface area (Å²) >= 11 is 0. The van der Waals surface area contributed by atoms with Gasteiger partial charge in [-0.3, -0.25) is 0 Å². The summed E-state index contributed by atoms with van der Waals surface area (Å²) in [5.74, 6) is 1.22. The van der Waals surface area contributed by atoms with Crippen molar-refractivity contribution in [2.24, 2.45) is 5.92 Å². The second-order valence-corrected chi connectivity index (χ2v) is 6.19. The Kier molecular flexibility index (Phi) is 2.99. The van der Waals surface area contributed by atoms with Crippen molar-refractivity contribution in [1.82, 2.24) is 0 Å². The lowest BCUT2D eigenvalue weighted by atomic mass is 9.80. The van der Waals surface area contributed by atoms with Gasteiger partial charge < -0.3 is 14.9 Å². The third kappa shape index (κ3) is 2.10. The molecule has 4 atom stereocenters. The van der Waals surface area contributed by atoms with E-state index < -0.39 is 6.17 Å². The van der Waals surface area contributed by atoms with E-state index in [1.807, 2.05) is 12.1 Å². The minimum Gasteiger partial charge on any atom is -0.508 e. The van der Waals surface area contributed by atoms with Crippen molar-refractivity contribution in [3.63, 3.8) is 0 Å². The number of alkyl halides is 1. The number of ether oxygens (including phenoxy) is 1. The summed E-state index contributed by atoms with van der Waals surface area (Å²) in [6, 6.07) is 11.9. The van der Waals surface area contributed by atoms with Gasteiger partial charge in [0.05, 0.1) is 0 Å². The van der Waals surface area contributed by atoms with Crippen LogP contribution in [-0.4, -0.2) is 16.4 Å². The van der Waals surface area contributed by atoms with E-state index in [2.05, 4.69) is 0 Å². The van der Waals surface area contributed by atoms with Crippen LogP contribution in [0.2, 0.25) is 0 Å². The Morgan fingerprint density at radius 3 is 2.45 bits per heavy atom. The van der Waals surface area contributed by atoms with E-state index in [9.17, 15) is 14.6 Å². The summed E-state index contributed by atoms with van der Waals surface area (Å²) in [6.45, 7) is 0. The number of rotatable bonds is 1. The fourth-order valence-corrected chi connectivity index (χ4v) is 3.83. The molecule has 1 saturated carbocycles. The number of hydrogen-bond acceptors (Lipinski definition) is 3. The quantitative estimate of drug-likeness (QED) is 0.835. The summed E-state index contributed by atoms with van der Waals surface area (Å²) in [6.07, 6.45) is -0.125. The molecule has 2 aliphatic rings. The first-order valence-corrected chi connectivity index (χ1v) is 7.54. The highest BCUT2D eigenvalue weighted by Crippen LogP contribution is 2.55. The summed E-state index contributed by atoms with van der Waals surface area (Å²) in [4.78, 5) is 0. The maximum atomic E-state index is 14.0. The average molecular weight is 300 g/mol. The molecule has 0 saturated heterocycles. The van der Waals surface area contributed by atoms with Crippen LogP contribution in [-0.2, 0) is 0 Å². The number of phenols is 2. The largest absolute Gasteiger partial charge is 0.508 e. The Hall–Kier alpha value is -2.23. The summed E-state index contributed by atoms with van der Waals surface area (Å²) < 4.78 is 20.1. The standard InChI is InChI=1S/C18H17FO3/c19-11-7-14-15-9-13(21)5-6-17(15)22-18(16(14)8-11)10-1-3-12(20)4-2-10/h1-6,9,11,14,16,18,20-21H,7-8H2/t11-,14+,16+,18+/m1/s1. The van der Waals surface area contributed by atoms with Gasteiger partial charge >= 0.3 is 0 Å². The lowest BCUT2D eigenvalue weighted by molar-refractivity contribution is 0.102. The highest BCUT2D eigenvalue weighted by atomic mass is 19.1. The molecule has 0 amide bonds. The first-order valence-electron chi connectivity index (χ1n) is 7.54. The molecule has 4 rings (SSSR count). The van der Waals surface area contributed by atoms with E-state index in [0.717, 1.165) is 11.1 Å². The van der Waals surface area contributed by atoms with Crippen molar-refractivity contribution >= 4 is 0 Å². The predicted octanol–water partition coefficient (Wildman–Crippen LogP) is 4.06. The zero-order valence-corrected chi connectivity index (χ0v) is 11.9. The van der Waals surface area contributed by atoms with Crippen LogP contribution in [0.3, 0.4) is 0 Å². The van der Waals surface area contributed by atoms with Gasteiger partial charge in [0, 0.05) is 11.5 Å². The number of halogens is 1. The molecule has 22 heavy (non-hydrogen) atoms.